The lowest BCUT2D eigenvalue weighted by Gasteiger charge is -2.50. The predicted molar refractivity (Wildman–Crippen MR) is 71.9 cm³/mol. The topological polar surface area (TPSA) is 70.1 Å². The van der Waals surface area contributed by atoms with Crippen molar-refractivity contribution in [2.24, 2.45) is 5.92 Å². The van der Waals surface area contributed by atoms with Crippen LogP contribution in [0.5, 0.6) is 0 Å². The first-order valence-electron chi connectivity index (χ1n) is 6.78. The van der Waals surface area contributed by atoms with E-state index in [-0.39, 0.29) is 31.2 Å². The Labute approximate surface area is 115 Å². The molecular formula is C12H24N2O4S. The van der Waals surface area contributed by atoms with Crippen LogP contribution < -0.4 is 0 Å². The van der Waals surface area contributed by atoms with Gasteiger partial charge in [-0.3, -0.25) is 0 Å². The molecule has 2 saturated heterocycles. The van der Waals surface area contributed by atoms with Gasteiger partial charge in [0.15, 0.2) is 0 Å². The van der Waals surface area contributed by atoms with Crippen molar-refractivity contribution in [3.63, 3.8) is 0 Å². The van der Waals surface area contributed by atoms with Crippen LogP contribution in [0.3, 0.4) is 0 Å². The molecule has 7 heteroatoms. The Balaban J connectivity index is 2.04. The molecule has 0 aliphatic carbocycles. The van der Waals surface area contributed by atoms with Crippen LogP contribution in [0, 0.1) is 5.92 Å². The average molecular weight is 292 g/mol. The average Bonchev–Trinajstić information content (AvgIpc) is 2.22. The molecular weight excluding hydrogens is 268 g/mol. The Kier molecular flexibility index (Phi) is 3.97. The largest absolute Gasteiger partial charge is 0.387 e. The maximum absolute atomic E-state index is 12.5. The van der Waals surface area contributed by atoms with Gasteiger partial charge in [-0.2, -0.15) is 17.0 Å². The molecule has 1 N–H and O–H groups in total. The second-order valence-corrected chi connectivity index (χ2v) is 8.04. The van der Waals surface area contributed by atoms with E-state index in [0.717, 1.165) is 0 Å². The Hall–Kier alpha value is -0.210. The fraction of sp³-hybridized carbons (Fsp3) is 1.00. The molecule has 0 radical (unpaired) electrons. The van der Waals surface area contributed by atoms with Crippen LogP contribution in [0.4, 0.5) is 0 Å². The molecule has 2 heterocycles. The Morgan fingerprint density at radius 3 is 2.05 bits per heavy atom. The van der Waals surface area contributed by atoms with Gasteiger partial charge in [0.25, 0.3) is 10.2 Å². The third-order valence-corrected chi connectivity index (χ3v) is 5.88. The van der Waals surface area contributed by atoms with Crippen molar-refractivity contribution < 1.29 is 18.3 Å². The monoisotopic (exact) mass is 292 g/mol. The van der Waals surface area contributed by atoms with Crippen molar-refractivity contribution in [1.29, 1.82) is 0 Å². The van der Waals surface area contributed by atoms with Crippen molar-refractivity contribution >= 4 is 10.2 Å². The lowest BCUT2D eigenvalue weighted by molar-refractivity contribution is -0.0981. The van der Waals surface area contributed by atoms with Gasteiger partial charge in [-0.05, 0) is 19.8 Å². The van der Waals surface area contributed by atoms with Gasteiger partial charge in [0.1, 0.15) is 0 Å². The van der Waals surface area contributed by atoms with Crippen molar-refractivity contribution in [2.45, 2.75) is 45.5 Å². The fourth-order valence-electron chi connectivity index (χ4n) is 2.58. The lowest BCUT2D eigenvalue weighted by Crippen LogP contribution is -2.68. The van der Waals surface area contributed by atoms with E-state index in [1.165, 1.54) is 8.61 Å². The normalized spacial score (nSPS) is 33.4. The van der Waals surface area contributed by atoms with Gasteiger partial charge in [0.2, 0.25) is 0 Å². The molecule has 19 heavy (non-hydrogen) atoms. The second kappa shape index (κ2) is 4.96. The number of hydrogen-bond donors (Lipinski definition) is 1. The molecule has 0 bridgehead atoms. The minimum Gasteiger partial charge on any atom is -0.387 e. The second-order valence-electron chi connectivity index (χ2n) is 6.11. The summed E-state index contributed by atoms with van der Waals surface area (Å²) in [4.78, 5) is 0. The molecule has 2 aliphatic heterocycles. The summed E-state index contributed by atoms with van der Waals surface area (Å²) < 4.78 is 33.3. The number of aliphatic hydroxyl groups is 1. The summed E-state index contributed by atoms with van der Waals surface area (Å²) in [5.74, 6) is 0.0569. The van der Waals surface area contributed by atoms with Crippen molar-refractivity contribution in [2.75, 3.05) is 26.2 Å². The van der Waals surface area contributed by atoms with Gasteiger partial charge in [-0.1, -0.05) is 13.8 Å². The van der Waals surface area contributed by atoms with Gasteiger partial charge in [-0.25, -0.2) is 0 Å². The summed E-state index contributed by atoms with van der Waals surface area (Å²) in [5.41, 5.74) is -0.878. The van der Waals surface area contributed by atoms with E-state index in [0.29, 0.717) is 13.1 Å². The lowest BCUT2D eigenvalue weighted by atomic mass is 9.85. The molecule has 0 aromatic heterocycles. The van der Waals surface area contributed by atoms with Crippen LogP contribution in [0.1, 0.15) is 27.7 Å². The molecule has 2 fully saturated rings. The number of nitrogens with zero attached hydrogens (tertiary/aromatic N) is 2. The molecule has 6 nitrogen and oxygen atoms in total. The highest BCUT2D eigenvalue weighted by atomic mass is 32.2. The SMILES string of the molecule is CC1CN(S(=O)(=O)N2CC(O)(C(C)C)C2)CC(C)O1. The summed E-state index contributed by atoms with van der Waals surface area (Å²) in [6.45, 7) is 8.69. The van der Waals surface area contributed by atoms with Crippen LogP contribution in [0.2, 0.25) is 0 Å². The van der Waals surface area contributed by atoms with E-state index in [2.05, 4.69) is 0 Å². The molecule has 0 amide bonds. The smallest absolute Gasteiger partial charge is 0.282 e. The third-order valence-electron chi connectivity index (χ3n) is 4.01. The summed E-state index contributed by atoms with van der Waals surface area (Å²) in [7, 11) is -3.47. The fourth-order valence-corrected chi connectivity index (χ4v) is 4.47. The van der Waals surface area contributed by atoms with Crippen LogP contribution >= 0.6 is 0 Å². The Morgan fingerprint density at radius 2 is 1.63 bits per heavy atom. The third kappa shape index (κ3) is 2.80. The first kappa shape index (κ1) is 15.2. The number of β-amino-alcohol motifs (C(OH)–C–C–N with tert-alkyl or cyclic N) is 1. The predicted octanol–water partition coefficient (Wildman–Crippen LogP) is 0.0431. The molecule has 0 saturated carbocycles. The number of hydrogen-bond acceptors (Lipinski definition) is 4. The molecule has 2 atom stereocenters. The maximum Gasteiger partial charge on any atom is 0.282 e. The highest BCUT2D eigenvalue weighted by Crippen LogP contribution is 2.32. The quantitative estimate of drug-likeness (QED) is 0.797. The van der Waals surface area contributed by atoms with Gasteiger partial charge < -0.3 is 9.84 Å². The molecule has 2 unspecified atom stereocenters. The van der Waals surface area contributed by atoms with E-state index < -0.39 is 15.8 Å². The van der Waals surface area contributed by atoms with E-state index >= 15 is 0 Å². The van der Waals surface area contributed by atoms with Gasteiger partial charge in [0, 0.05) is 26.2 Å². The van der Waals surface area contributed by atoms with Crippen LogP contribution in [0.25, 0.3) is 0 Å². The first-order valence-corrected chi connectivity index (χ1v) is 8.18. The summed E-state index contributed by atoms with van der Waals surface area (Å²) >= 11 is 0. The summed E-state index contributed by atoms with van der Waals surface area (Å²) in [6.07, 6.45) is -0.187. The summed E-state index contributed by atoms with van der Waals surface area (Å²) in [6, 6.07) is 0. The van der Waals surface area contributed by atoms with Crippen LogP contribution in [0.15, 0.2) is 0 Å². The van der Waals surface area contributed by atoms with Crippen molar-refractivity contribution in [3.05, 3.63) is 0 Å². The van der Waals surface area contributed by atoms with E-state index in [1.54, 1.807) is 0 Å². The molecule has 2 aliphatic rings. The van der Waals surface area contributed by atoms with Gasteiger partial charge in [-0.15, -0.1) is 0 Å². The molecule has 0 aromatic rings. The van der Waals surface area contributed by atoms with Crippen LogP contribution in [-0.4, -0.2) is 66.1 Å². The van der Waals surface area contributed by atoms with Crippen molar-refractivity contribution in [1.82, 2.24) is 8.61 Å². The van der Waals surface area contributed by atoms with E-state index in [4.69, 9.17) is 4.74 Å². The number of ether oxygens (including phenoxy) is 1. The molecule has 2 rings (SSSR count). The maximum atomic E-state index is 12.5. The van der Waals surface area contributed by atoms with Gasteiger partial charge in [0.05, 0.1) is 17.8 Å². The Bertz CT molecular complexity index is 421. The Morgan fingerprint density at radius 1 is 1.16 bits per heavy atom. The number of morpholine rings is 1. The first-order chi connectivity index (χ1) is 8.65. The molecule has 0 spiro atoms. The van der Waals surface area contributed by atoms with Gasteiger partial charge >= 0.3 is 0 Å². The standard InChI is InChI=1S/C12H24N2O4S/c1-9(2)12(15)7-14(8-12)19(16,17)13-5-10(3)18-11(4)6-13/h9-11,15H,5-8H2,1-4H3. The highest BCUT2D eigenvalue weighted by Gasteiger charge is 2.50. The van der Waals surface area contributed by atoms with Crippen LogP contribution in [-0.2, 0) is 14.9 Å². The zero-order chi connectivity index (χ0) is 14.4. The minimum absolute atomic E-state index is 0.0569. The minimum atomic E-state index is -3.47. The van der Waals surface area contributed by atoms with Crippen molar-refractivity contribution in [3.8, 4) is 0 Å². The zero-order valence-corrected chi connectivity index (χ0v) is 12.9. The molecule has 0 aromatic carbocycles. The van der Waals surface area contributed by atoms with E-state index in [9.17, 15) is 13.5 Å². The van der Waals surface area contributed by atoms with E-state index in [1.807, 2.05) is 27.7 Å². The zero-order valence-electron chi connectivity index (χ0n) is 12.0. The summed E-state index contributed by atoms with van der Waals surface area (Å²) in [5, 5.41) is 10.2. The number of rotatable bonds is 3. The highest BCUT2D eigenvalue weighted by molar-refractivity contribution is 7.86. The molecule has 112 valence electrons.